The molecule has 0 bridgehead atoms. The number of rotatable bonds is 2. The number of ether oxygens (including phenoxy) is 1. The minimum absolute atomic E-state index is 0.0753. The molecule has 0 saturated heterocycles. The first kappa shape index (κ1) is 11.4. The first-order valence-corrected chi connectivity index (χ1v) is 5.85. The van der Waals surface area contributed by atoms with Gasteiger partial charge in [0.15, 0.2) is 0 Å². The molecule has 1 aliphatic rings. The van der Waals surface area contributed by atoms with Crippen molar-refractivity contribution in [1.82, 2.24) is 15.0 Å². The number of nitrogens with zero attached hydrogens (tertiary/aromatic N) is 3. The second kappa shape index (κ2) is 4.82. The Kier molecular flexibility index (Phi) is 3.43. The summed E-state index contributed by atoms with van der Waals surface area (Å²) in [4.78, 5) is 11.5. The van der Waals surface area contributed by atoms with Crippen molar-refractivity contribution in [1.29, 1.82) is 0 Å². The van der Waals surface area contributed by atoms with Crippen molar-refractivity contribution in [2.24, 2.45) is 5.92 Å². The summed E-state index contributed by atoms with van der Waals surface area (Å²) in [7, 11) is 0. The van der Waals surface area contributed by atoms with Gasteiger partial charge in [-0.25, -0.2) is 0 Å². The van der Waals surface area contributed by atoms with Gasteiger partial charge in [-0.2, -0.15) is 15.0 Å². The number of nitrogens with two attached hydrogens (primary N) is 1. The second-order valence-electron chi connectivity index (χ2n) is 4.26. The summed E-state index contributed by atoms with van der Waals surface area (Å²) in [6, 6.07) is 0.233. The van der Waals surface area contributed by atoms with E-state index in [9.17, 15) is 0 Å². The standard InChI is InChI=1S/C10H15ClN4O/c1-6-3-2-4-7(5-6)16-10-14-8(11)13-9(12)15-10/h6-7H,2-5H2,1H3,(H2,12,13,14,15). The minimum atomic E-state index is 0.0753. The van der Waals surface area contributed by atoms with E-state index in [1.807, 2.05) is 0 Å². The molecule has 1 fully saturated rings. The van der Waals surface area contributed by atoms with Crippen LogP contribution in [0.15, 0.2) is 0 Å². The van der Waals surface area contributed by atoms with Gasteiger partial charge in [0.2, 0.25) is 11.2 Å². The highest BCUT2D eigenvalue weighted by molar-refractivity contribution is 6.28. The maximum Gasteiger partial charge on any atom is 0.322 e. The smallest absolute Gasteiger partial charge is 0.322 e. The Labute approximate surface area is 99.4 Å². The fraction of sp³-hybridized carbons (Fsp3) is 0.700. The Morgan fingerprint density at radius 3 is 2.81 bits per heavy atom. The number of nitrogen functional groups attached to an aromatic ring is 1. The average molecular weight is 243 g/mol. The summed E-state index contributed by atoms with van der Waals surface area (Å²) in [5, 5.41) is 0.0753. The predicted octanol–water partition coefficient (Wildman–Crippen LogP) is 2.06. The van der Waals surface area contributed by atoms with Crippen LogP contribution in [0.2, 0.25) is 5.28 Å². The van der Waals surface area contributed by atoms with Crippen LogP contribution in [-0.4, -0.2) is 21.1 Å². The summed E-state index contributed by atoms with van der Waals surface area (Å²) in [5.41, 5.74) is 5.47. The van der Waals surface area contributed by atoms with E-state index in [1.54, 1.807) is 0 Å². The summed E-state index contributed by atoms with van der Waals surface area (Å²) in [5.74, 6) is 0.785. The molecule has 0 aromatic carbocycles. The molecule has 1 aliphatic carbocycles. The molecule has 0 amide bonds. The molecular formula is C10H15ClN4O. The lowest BCUT2D eigenvalue weighted by molar-refractivity contribution is 0.118. The molecule has 5 nitrogen and oxygen atoms in total. The molecule has 2 N–H and O–H groups in total. The predicted molar refractivity (Wildman–Crippen MR) is 61.3 cm³/mol. The van der Waals surface area contributed by atoms with E-state index >= 15 is 0 Å². The molecule has 2 atom stereocenters. The SMILES string of the molecule is CC1CCCC(Oc2nc(N)nc(Cl)n2)C1. The Morgan fingerprint density at radius 2 is 2.12 bits per heavy atom. The molecule has 0 aliphatic heterocycles. The van der Waals surface area contributed by atoms with E-state index in [4.69, 9.17) is 22.1 Å². The molecule has 0 spiro atoms. The third-order valence-electron chi connectivity index (χ3n) is 2.77. The van der Waals surface area contributed by atoms with Gasteiger partial charge in [0.1, 0.15) is 6.10 Å². The van der Waals surface area contributed by atoms with E-state index in [1.165, 1.54) is 12.8 Å². The van der Waals surface area contributed by atoms with Crippen LogP contribution in [0.5, 0.6) is 6.01 Å². The fourth-order valence-electron chi connectivity index (χ4n) is 2.03. The first-order chi connectivity index (χ1) is 7.63. The maximum atomic E-state index is 5.67. The summed E-state index contributed by atoms with van der Waals surface area (Å²) < 4.78 is 5.66. The van der Waals surface area contributed by atoms with Gasteiger partial charge in [0.05, 0.1) is 0 Å². The lowest BCUT2D eigenvalue weighted by atomic mass is 9.89. The van der Waals surface area contributed by atoms with Gasteiger partial charge in [-0.05, 0) is 36.8 Å². The maximum absolute atomic E-state index is 5.67. The molecule has 0 radical (unpaired) electrons. The highest BCUT2D eigenvalue weighted by Crippen LogP contribution is 2.26. The van der Waals surface area contributed by atoms with Gasteiger partial charge in [0, 0.05) is 0 Å². The zero-order chi connectivity index (χ0) is 11.5. The zero-order valence-electron chi connectivity index (χ0n) is 9.19. The highest BCUT2D eigenvalue weighted by atomic mass is 35.5. The summed E-state index contributed by atoms with van der Waals surface area (Å²) in [6.45, 7) is 2.23. The van der Waals surface area contributed by atoms with Crippen molar-refractivity contribution < 1.29 is 4.74 Å². The van der Waals surface area contributed by atoms with E-state index in [-0.39, 0.29) is 23.3 Å². The van der Waals surface area contributed by atoms with Crippen LogP contribution in [0.4, 0.5) is 5.95 Å². The Hall–Kier alpha value is -1.10. The molecule has 2 unspecified atom stereocenters. The van der Waals surface area contributed by atoms with E-state index in [0.717, 1.165) is 12.8 Å². The second-order valence-corrected chi connectivity index (χ2v) is 4.59. The molecule has 1 saturated carbocycles. The molecular weight excluding hydrogens is 228 g/mol. The van der Waals surface area contributed by atoms with Crippen molar-refractivity contribution >= 4 is 17.5 Å². The van der Waals surface area contributed by atoms with Crippen LogP contribution in [0.1, 0.15) is 32.6 Å². The van der Waals surface area contributed by atoms with Gasteiger partial charge in [0.25, 0.3) is 0 Å². The highest BCUT2D eigenvalue weighted by Gasteiger charge is 2.21. The summed E-state index contributed by atoms with van der Waals surface area (Å²) in [6.07, 6.45) is 4.68. The number of halogens is 1. The quantitative estimate of drug-likeness (QED) is 0.859. The Bertz CT molecular complexity index is 354. The third kappa shape index (κ3) is 2.95. The number of anilines is 1. The fourth-order valence-corrected chi connectivity index (χ4v) is 2.19. The molecule has 16 heavy (non-hydrogen) atoms. The van der Waals surface area contributed by atoms with Gasteiger partial charge in [-0.3, -0.25) is 0 Å². The van der Waals surface area contributed by atoms with Gasteiger partial charge in [-0.1, -0.05) is 13.3 Å². The molecule has 1 aromatic rings. The van der Waals surface area contributed by atoms with Crippen LogP contribution < -0.4 is 10.5 Å². The molecule has 1 heterocycles. The van der Waals surface area contributed by atoms with E-state index in [2.05, 4.69) is 21.9 Å². The Morgan fingerprint density at radius 1 is 1.31 bits per heavy atom. The van der Waals surface area contributed by atoms with Crippen molar-refractivity contribution in [2.45, 2.75) is 38.7 Å². The molecule has 2 rings (SSSR count). The van der Waals surface area contributed by atoms with Gasteiger partial charge in [-0.15, -0.1) is 0 Å². The normalized spacial score (nSPS) is 25.4. The van der Waals surface area contributed by atoms with Gasteiger partial charge < -0.3 is 10.5 Å². The lowest BCUT2D eigenvalue weighted by Gasteiger charge is -2.26. The van der Waals surface area contributed by atoms with E-state index < -0.39 is 0 Å². The van der Waals surface area contributed by atoms with Crippen molar-refractivity contribution in [2.75, 3.05) is 5.73 Å². The monoisotopic (exact) mass is 242 g/mol. The first-order valence-electron chi connectivity index (χ1n) is 5.47. The van der Waals surface area contributed by atoms with Crippen LogP contribution >= 0.6 is 11.6 Å². The average Bonchev–Trinajstić information content (AvgIpc) is 2.15. The van der Waals surface area contributed by atoms with E-state index in [0.29, 0.717) is 5.92 Å². The number of hydrogen-bond donors (Lipinski definition) is 1. The topological polar surface area (TPSA) is 73.9 Å². The van der Waals surface area contributed by atoms with Crippen molar-refractivity contribution in [3.05, 3.63) is 5.28 Å². The zero-order valence-corrected chi connectivity index (χ0v) is 9.94. The van der Waals surface area contributed by atoms with Crippen LogP contribution in [0.3, 0.4) is 0 Å². The number of hydrogen-bond acceptors (Lipinski definition) is 5. The lowest BCUT2D eigenvalue weighted by Crippen LogP contribution is -2.25. The van der Waals surface area contributed by atoms with Crippen molar-refractivity contribution in [3.8, 4) is 6.01 Å². The third-order valence-corrected chi connectivity index (χ3v) is 2.93. The molecule has 88 valence electrons. The number of aromatic nitrogens is 3. The van der Waals surface area contributed by atoms with Gasteiger partial charge >= 0.3 is 6.01 Å². The van der Waals surface area contributed by atoms with Crippen LogP contribution in [0.25, 0.3) is 0 Å². The van der Waals surface area contributed by atoms with Crippen LogP contribution in [-0.2, 0) is 0 Å². The summed E-state index contributed by atoms with van der Waals surface area (Å²) >= 11 is 5.67. The molecule has 1 aromatic heterocycles. The molecule has 6 heteroatoms. The largest absolute Gasteiger partial charge is 0.460 e. The van der Waals surface area contributed by atoms with Crippen LogP contribution in [0, 0.1) is 5.92 Å². The minimum Gasteiger partial charge on any atom is -0.460 e. The van der Waals surface area contributed by atoms with Crippen molar-refractivity contribution in [3.63, 3.8) is 0 Å². The Balaban J connectivity index is 2.02.